The smallest absolute Gasteiger partial charge is 0.113 e. The summed E-state index contributed by atoms with van der Waals surface area (Å²) >= 11 is 1.70. The van der Waals surface area contributed by atoms with Gasteiger partial charge in [0.05, 0.1) is 11.8 Å². The fourth-order valence-electron chi connectivity index (χ4n) is 2.90. The first-order valence-electron chi connectivity index (χ1n) is 6.79. The summed E-state index contributed by atoms with van der Waals surface area (Å²) in [6.07, 6.45) is 5.60. The second-order valence-electron chi connectivity index (χ2n) is 5.70. The molecular weight excluding hydrogens is 242 g/mol. The Morgan fingerprint density at radius 2 is 2.17 bits per heavy atom. The topological polar surface area (TPSA) is 39.9 Å². The van der Waals surface area contributed by atoms with Gasteiger partial charge in [0, 0.05) is 11.3 Å². The first-order valence-corrected chi connectivity index (χ1v) is 7.67. The highest BCUT2D eigenvalue weighted by Crippen LogP contribution is 2.45. The molecule has 3 nitrogen and oxygen atoms in total. The molecule has 1 aliphatic carbocycles. The maximum absolute atomic E-state index is 9.35. The Hall–Kier alpha value is -0.920. The Bertz CT molecular complexity index is 462. The average Bonchev–Trinajstić information content (AvgIpc) is 2.79. The molecule has 2 fully saturated rings. The van der Waals surface area contributed by atoms with Crippen LogP contribution in [0.1, 0.15) is 48.7 Å². The van der Waals surface area contributed by atoms with E-state index in [1.807, 2.05) is 0 Å². The molecule has 18 heavy (non-hydrogen) atoms. The molecule has 1 aromatic heterocycles. The van der Waals surface area contributed by atoms with Crippen LogP contribution in [0.5, 0.6) is 0 Å². The van der Waals surface area contributed by atoms with E-state index in [0.717, 1.165) is 17.8 Å². The van der Waals surface area contributed by atoms with Gasteiger partial charge in [0.15, 0.2) is 0 Å². The first kappa shape index (κ1) is 12.1. The van der Waals surface area contributed by atoms with Gasteiger partial charge in [-0.15, -0.1) is 11.3 Å². The Morgan fingerprint density at radius 1 is 1.44 bits per heavy atom. The molecule has 0 atom stereocenters. The van der Waals surface area contributed by atoms with Crippen molar-refractivity contribution in [2.24, 2.45) is 0 Å². The SMILES string of the molecule is CN1CCC(c2csc(C3(C#N)CCC3)n2)CC1. The Balaban J connectivity index is 1.76. The number of hydrogen-bond acceptors (Lipinski definition) is 4. The quantitative estimate of drug-likeness (QED) is 0.822. The molecule has 1 aromatic rings. The van der Waals surface area contributed by atoms with Crippen molar-refractivity contribution >= 4 is 11.3 Å². The molecule has 2 heterocycles. The number of rotatable bonds is 2. The average molecular weight is 261 g/mol. The van der Waals surface area contributed by atoms with Gasteiger partial charge in [0.1, 0.15) is 10.4 Å². The molecule has 0 N–H and O–H groups in total. The molecule has 0 radical (unpaired) electrons. The van der Waals surface area contributed by atoms with E-state index in [1.54, 1.807) is 11.3 Å². The van der Waals surface area contributed by atoms with Gasteiger partial charge in [0.2, 0.25) is 0 Å². The Labute approximate surface area is 112 Å². The summed E-state index contributed by atoms with van der Waals surface area (Å²) in [4.78, 5) is 7.18. The summed E-state index contributed by atoms with van der Waals surface area (Å²) in [5, 5.41) is 12.6. The maximum Gasteiger partial charge on any atom is 0.113 e. The van der Waals surface area contributed by atoms with E-state index >= 15 is 0 Å². The molecular formula is C14H19N3S. The van der Waals surface area contributed by atoms with E-state index in [1.165, 1.54) is 38.0 Å². The zero-order valence-electron chi connectivity index (χ0n) is 10.9. The monoisotopic (exact) mass is 261 g/mol. The summed E-state index contributed by atoms with van der Waals surface area (Å²) in [6, 6.07) is 2.49. The van der Waals surface area contributed by atoms with Crippen LogP contribution in [0.3, 0.4) is 0 Å². The lowest BCUT2D eigenvalue weighted by Gasteiger charge is -2.33. The summed E-state index contributed by atoms with van der Waals surface area (Å²) in [5.74, 6) is 0.613. The van der Waals surface area contributed by atoms with Gasteiger partial charge in [-0.3, -0.25) is 0 Å². The van der Waals surface area contributed by atoms with Gasteiger partial charge in [-0.05, 0) is 52.2 Å². The lowest BCUT2D eigenvalue weighted by molar-refractivity contribution is 0.253. The van der Waals surface area contributed by atoms with Crippen LogP contribution in [0.25, 0.3) is 0 Å². The van der Waals surface area contributed by atoms with Gasteiger partial charge >= 0.3 is 0 Å². The number of nitrogens with zero attached hydrogens (tertiary/aromatic N) is 3. The molecule has 0 aromatic carbocycles. The van der Waals surface area contributed by atoms with Crippen molar-refractivity contribution < 1.29 is 0 Å². The number of piperidine rings is 1. The molecule has 0 amide bonds. The third kappa shape index (κ3) is 1.96. The van der Waals surface area contributed by atoms with Crippen LogP contribution < -0.4 is 0 Å². The predicted octanol–water partition coefficient (Wildman–Crippen LogP) is 2.90. The Morgan fingerprint density at radius 3 is 2.72 bits per heavy atom. The highest BCUT2D eigenvalue weighted by Gasteiger charge is 2.42. The van der Waals surface area contributed by atoms with E-state index in [4.69, 9.17) is 4.98 Å². The molecule has 1 saturated heterocycles. The minimum atomic E-state index is -0.228. The van der Waals surface area contributed by atoms with E-state index < -0.39 is 0 Å². The second-order valence-corrected chi connectivity index (χ2v) is 6.56. The highest BCUT2D eigenvalue weighted by atomic mass is 32.1. The van der Waals surface area contributed by atoms with Crippen LogP contribution in [0.2, 0.25) is 0 Å². The number of aromatic nitrogens is 1. The third-order valence-corrected chi connectivity index (χ3v) is 5.55. The Kier molecular flexibility index (Phi) is 3.13. The highest BCUT2D eigenvalue weighted by molar-refractivity contribution is 7.09. The zero-order chi connectivity index (χ0) is 12.6. The van der Waals surface area contributed by atoms with Crippen molar-refractivity contribution in [2.75, 3.05) is 20.1 Å². The van der Waals surface area contributed by atoms with Crippen molar-refractivity contribution in [1.82, 2.24) is 9.88 Å². The van der Waals surface area contributed by atoms with Gasteiger partial charge in [-0.25, -0.2) is 4.98 Å². The number of thiazole rings is 1. The van der Waals surface area contributed by atoms with Crippen LogP contribution in [-0.4, -0.2) is 30.0 Å². The largest absolute Gasteiger partial charge is 0.306 e. The van der Waals surface area contributed by atoms with Crippen molar-refractivity contribution in [3.05, 3.63) is 16.1 Å². The molecule has 4 heteroatoms. The van der Waals surface area contributed by atoms with Gasteiger partial charge in [-0.1, -0.05) is 0 Å². The lowest BCUT2D eigenvalue weighted by Crippen LogP contribution is -2.32. The van der Waals surface area contributed by atoms with Crippen LogP contribution in [0.4, 0.5) is 0 Å². The van der Waals surface area contributed by atoms with Crippen molar-refractivity contribution in [3.8, 4) is 6.07 Å². The summed E-state index contributed by atoms with van der Waals surface area (Å²) in [5.41, 5.74) is 1.01. The summed E-state index contributed by atoms with van der Waals surface area (Å²) in [7, 11) is 2.18. The van der Waals surface area contributed by atoms with Crippen LogP contribution in [0.15, 0.2) is 5.38 Å². The predicted molar refractivity (Wildman–Crippen MR) is 72.7 cm³/mol. The lowest BCUT2D eigenvalue weighted by atomic mass is 9.70. The molecule has 0 bridgehead atoms. The number of nitriles is 1. The van der Waals surface area contributed by atoms with E-state index in [0.29, 0.717) is 5.92 Å². The van der Waals surface area contributed by atoms with Gasteiger partial charge < -0.3 is 4.90 Å². The maximum atomic E-state index is 9.35. The minimum absolute atomic E-state index is 0.228. The van der Waals surface area contributed by atoms with Crippen molar-refractivity contribution in [1.29, 1.82) is 5.26 Å². The van der Waals surface area contributed by atoms with Crippen LogP contribution in [-0.2, 0) is 5.41 Å². The number of likely N-dealkylation sites (tertiary alicyclic amines) is 1. The van der Waals surface area contributed by atoms with E-state index in [9.17, 15) is 5.26 Å². The van der Waals surface area contributed by atoms with Crippen LogP contribution in [0, 0.1) is 11.3 Å². The second kappa shape index (κ2) is 4.64. The first-order chi connectivity index (χ1) is 8.73. The van der Waals surface area contributed by atoms with Gasteiger partial charge in [0.25, 0.3) is 0 Å². The summed E-state index contributed by atoms with van der Waals surface area (Å²) < 4.78 is 0. The summed E-state index contributed by atoms with van der Waals surface area (Å²) in [6.45, 7) is 2.34. The van der Waals surface area contributed by atoms with Crippen molar-refractivity contribution in [2.45, 2.75) is 43.4 Å². The normalized spacial score (nSPS) is 24.4. The molecule has 1 saturated carbocycles. The van der Waals surface area contributed by atoms with E-state index in [-0.39, 0.29) is 5.41 Å². The van der Waals surface area contributed by atoms with Crippen molar-refractivity contribution in [3.63, 3.8) is 0 Å². The standard InChI is InChI=1S/C14H19N3S/c1-17-7-3-11(4-8-17)12-9-18-13(16-12)14(10-15)5-2-6-14/h9,11H,2-8H2,1H3. The van der Waals surface area contributed by atoms with Crippen LogP contribution >= 0.6 is 11.3 Å². The fourth-order valence-corrected chi connectivity index (χ4v) is 4.01. The molecule has 1 aliphatic heterocycles. The molecule has 2 aliphatic rings. The molecule has 0 spiro atoms. The zero-order valence-corrected chi connectivity index (χ0v) is 11.7. The fraction of sp³-hybridized carbons (Fsp3) is 0.714. The minimum Gasteiger partial charge on any atom is -0.306 e. The van der Waals surface area contributed by atoms with E-state index in [2.05, 4.69) is 23.4 Å². The molecule has 0 unspecified atom stereocenters. The molecule has 96 valence electrons. The molecule has 3 rings (SSSR count). The van der Waals surface area contributed by atoms with Gasteiger partial charge in [-0.2, -0.15) is 5.26 Å². The third-order valence-electron chi connectivity index (χ3n) is 4.49. The number of hydrogen-bond donors (Lipinski definition) is 0.